The maximum Gasteiger partial charge on any atom is 0.221 e. The lowest BCUT2D eigenvalue weighted by atomic mass is 9.94. The van der Waals surface area contributed by atoms with Crippen LogP contribution in [0.4, 0.5) is 0 Å². The van der Waals surface area contributed by atoms with Gasteiger partial charge in [0.05, 0.1) is 0 Å². The predicted octanol–water partition coefficient (Wildman–Crippen LogP) is 1.50. The maximum atomic E-state index is 11.7. The second-order valence-electron chi connectivity index (χ2n) is 4.79. The molecule has 0 unspecified atom stereocenters. The minimum Gasteiger partial charge on any atom is -0.369 e. The van der Waals surface area contributed by atoms with E-state index in [0.29, 0.717) is 12.8 Å². The van der Waals surface area contributed by atoms with Gasteiger partial charge in [-0.3, -0.25) is 9.79 Å². The molecule has 0 aliphatic carbocycles. The van der Waals surface area contributed by atoms with Crippen LogP contribution in [0.15, 0.2) is 40.7 Å². The summed E-state index contributed by atoms with van der Waals surface area (Å²) >= 11 is 1.58. The van der Waals surface area contributed by atoms with Crippen LogP contribution >= 0.6 is 11.3 Å². The van der Waals surface area contributed by atoms with Gasteiger partial charge in [0.1, 0.15) is 0 Å². The van der Waals surface area contributed by atoms with Crippen molar-refractivity contribution in [3.63, 3.8) is 0 Å². The number of nitrogens with two attached hydrogens (primary N) is 1. The van der Waals surface area contributed by atoms with Gasteiger partial charge in [-0.25, -0.2) is 0 Å². The summed E-state index contributed by atoms with van der Waals surface area (Å²) in [7, 11) is 3.74. The molecule has 1 heterocycles. The van der Waals surface area contributed by atoms with Gasteiger partial charge in [0.25, 0.3) is 0 Å². The average Bonchev–Trinajstić information content (AvgIpc) is 2.80. The number of thiazole rings is 1. The van der Waals surface area contributed by atoms with Crippen molar-refractivity contribution in [2.45, 2.75) is 12.8 Å². The van der Waals surface area contributed by atoms with E-state index < -0.39 is 0 Å². The van der Waals surface area contributed by atoms with Gasteiger partial charge in [0, 0.05) is 37.5 Å². The van der Waals surface area contributed by atoms with Gasteiger partial charge >= 0.3 is 0 Å². The molecule has 1 aromatic heterocycles. The topological polar surface area (TPSA) is 60.4 Å². The van der Waals surface area contributed by atoms with Crippen molar-refractivity contribution in [3.8, 4) is 0 Å². The number of primary amides is 1. The molecule has 1 amide bonds. The maximum absolute atomic E-state index is 11.7. The third-order valence-corrected chi connectivity index (χ3v) is 4.45. The van der Waals surface area contributed by atoms with E-state index in [2.05, 4.69) is 4.99 Å². The lowest BCUT2D eigenvalue weighted by Gasteiger charge is -2.13. The van der Waals surface area contributed by atoms with Gasteiger partial charge in [-0.05, 0) is 12.0 Å². The van der Waals surface area contributed by atoms with E-state index in [9.17, 15) is 4.79 Å². The molecule has 0 fully saturated rings. The first-order valence-corrected chi connectivity index (χ1v) is 7.39. The fraction of sp³-hybridized carbons (Fsp3) is 0.333. The van der Waals surface area contributed by atoms with Crippen LogP contribution in [0.3, 0.4) is 0 Å². The first-order chi connectivity index (χ1) is 9.61. The number of benzene rings is 1. The van der Waals surface area contributed by atoms with Crippen molar-refractivity contribution < 1.29 is 4.79 Å². The summed E-state index contributed by atoms with van der Waals surface area (Å²) in [6.07, 6.45) is 1.32. The molecular weight excluding hydrogens is 270 g/mol. The Morgan fingerprint density at radius 3 is 2.60 bits per heavy atom. The molecule has 0 aliphatic heterocycles. The Labute approximate surface area is 122 Å². The zero-order chi connectivity index (χ0) is 14.5. The van der Waals surface area contributed by atoms with Crippen LogP contribution in [0, 0.1) is 5.92 Å². The summed E-state index contributed by atoms with van der Waals surface area (Å²) in [6, 6.07) is 9.97. The van der Waals surface area contributed by atoms with Crippen LogP contribution in [0.1, 0.15) is 11.3 Å². The number of carbonyl (C=O) groups is 1. The van der Waals surface area contributed by atoms with Crippen molar-refractivity contribution in [1.82, 2.24) is 4.57 Å². The van der Waals surface area contributed by atoms with Crippen LogP contribution in [-0.2, 0) is 24.7 Å². The minimum absolute atomic E-state index is 0.192. The van der Waals surface area contributed by atoms with Gasteiger partial charge in [-0.15, -0.1) is 11.3 Å². The predicted molar refractivity (Wildman–Crippen MR) is 81.3 cm³/mol. The number of amides is 1. The van der Waals surface area contributed by atoms with Gasteiger partial charge < -0.3 is 10.3 Å². The molecule has 4 nitrogen and oxygen atoms in total. The van der Waals surface area contributed by atoms with E-state index in [1.54, 1.807) is 18.4 Å². The highest BCUT2D eigenvalue weighted by molar-refractivity contribution is 7.07. The van der Waals surface area contributed by atoms with Gasteiger partial charge in [0.15, 0.2) is 4.80 Å². The Balaban J connectivity index is 2.18. The number of nitrogens with zero attached hydrogens (tertiary/aromatic N) is 2. The second-order valence-corrected chi connectivity index (χ2v) is 5.62. The Morgan fingerprint density at radius 2 is 2.05 bits per heavy atom. The molecule has 0 spiro atoms. The molecule has 0 saturated heterocycles. The standard InChI is InChI=1S/C15H19N3OS/c1-17-15-18(2)13(10-20-15)9-12(14(16)19)8-11-6-4-3-5-7-11/h3-7,10,12H,8-9H2,1-2H3,(H2,16,19)/b17-15+/t12-/m1/s1. The van der Waals surface area contributed by atoms with E-state index in [0.717, 1.165) is 16.1 Å². The fourth-order valence-electron chi connectivity index (χ4n) is 2.21. The van der Waals surface area contributed by atoms with Crippen molar-refractivity contribution in [1.29, 1.82) is 0 Å². The smallest absolute Gasteiger partial charge is 0.221 e. The van der Waals surface area contributed by atoms with Crippen molar-refractivity contribution in [3.05, 3.63) is 51.8 Å². The van der Waals surface area contributed by atoms with Crippen molar-refractivity contribution in [2.75, 3.05) is 7.05 Å². The van der Waals surface area contributed by atoms with Crippen LogP contribution in [-0.4, -0.2) is 17.5 Å². The summed E-state index contributed by atoms with van der Waals surface area (Å²) in [6.45, 7) is 0. The second kappa shape index (κ2) is 6.52. The lowest BCUT2D eigenvalue weighted by molar-refractivity contribution is -0.121. The van der Waals surface area contributed by atoms with Crippen LogP contribution < -0.4 is 10.5 Å². The number of hydrogen-bond donors (Lipinski definition) is 1. The zero-order valence-corrected chi connectivity index (χ0v) is 12.6. The molecule has 0 aliphatic rings. The Kier molecular flexibility index (Phi) is 4.74. The van der Waals surface area contributed by atoms with E-state index in [1.165, 1.54) is 0 Å². The first kappa shape index (κ1) is 14.5. The molecule has 2 N–H and O–H groups in total. The molecule has 1 aromatic carbocycles. The quantitative estimate of drug-likeness (QED) is 0.891. The summed E-state index contributed by atoms with van der Waals surface area (Å²) in [5.74, 6) is -0.446. The number of hydrogen-bond acceptors (Lipinski definition) is 3. The molecule has 5 heteroatoms. The monoisotopic (exact) mass is 289 g/mol. The van der Waals surface area contributed by atoms with Crippen LogP contribution in [0.25, 0.3) is 0 Å². The minimum atomic E-state index is -0.255. The summed E-state index contributed by atoms with van der Waals surface area (Å²) in [5, 5.41) is 2.04. The molecule has 0 radical (unpaired) electrons. The molecule has 0 bridgehead atoms. The summed E-state index contributed by atoms with van der Waals surface area (Å²) in [5.41, 5.74) is 7.78. The Morgan fingerprint density at radius 1 is 1.35 bits per heavy atom. The highest BCUT2D eigenvalue weighted by atomic mass is 32.1. The van der Waals surface area contributed by atoms with E-state index in [-0.39, 0.29) is 11.8 Å². The molecular formula is C15H19N3OS. The number of rotatable bonds is 5. The van der Waals surface area contributed by atoms with Gasteiger partial charge in [-0.2, -0.15) is 0 Å². The summed E-state index contributed by atoms with van der Waals surface area (Å²) < 4.78 is 2.02. The largest absolute Gasteiger partial charge is 0.369 e. The zero-order valence-electron chi connectivity index (χ0n) is 11.7. The molecule has 0 saturated carbocycles. The average molecular weight is 289 g/mol. The van der Waals surface area contributed by atoms with Crippen molar-refractivity contribution >= 4 is 17.2 Å². The SMILES string of the molecule is C/N=c1/scc(C[C@@H](Cc2ccccc2)C(N)=O)n1C. The van der Waals surface area contributed by atoms with Crippen LogP contribution in [0.5, 0.6) is 0 Å². The van der Waals surface area contributed by atoms with E-state index in [4.69, 9.17) is 5.73 Å². The summed E-state index contributed by atoms with van der Waals surface area (Å²) in [4.78, 5) is 16.8. The van der Waals surface area contributed by atoms with E-state index >= 15 is 0 Å². The molecule has 20 heavy (non-hydrogen) atoms. The third kappa shape index (κ3) is 3.36. The third-order valence-electron chi connectivity index (χ3n) is 3.39. The molecule has 1 atom stereocenters. The van der Waals surface area contributed by atoms with Gasteiger partial charge in [-0.1, -0.05) is 30.3 Å². The van der Waals surface area contributed by atoms with Gasteiger partial charge in [0.2, 0.25) is 5.91 Å². The highest BCUT2D eigenvalue weighted by Crippen LogP contribution is 2.15. The fourth-order valence-corrected chi connectivity index (χ4v) is 3.09. The first-order valence-electron chi connectivity index (χ1n) is 6.51. The van der Waals surface area contributed by atoms with Crippen LogP contribution in [0.2, 0.25) is 0 Å². The van der Waals surface area contributed by atoms with Crippen molar-refractivity contribution in [2.24, 2.45) is 23.7 Å². The molecule has 2 rings (SSSR count). The number of carbonyl (C=O) groups excluding carboxylic acids is 1. The number of aromatic nitrogens is 1. The van der Waals surface area contributed by atoms with E-state index in [1.807, 2.05) is 47.3 Å². The Bertz CT molecular complexity index is 643. The molecule has 2 aromatic rings. The lowest BCUT2D eigenvalue weighted by Crippen LogP contribution is -2.28. The Hall–Kier alpha value is -1.88. The highest BCUT2D eigenvalue weighted by Gasteiger charge is 2.18. The normalized spacial score (nSPS) is 13.4. The molecule has 106 valence electrons.